The van der Waals surface area contributed by atoms with Crippen molar-refractivity contribution in [3.8, 4) is 0 Å². The number of nitrogens with zero attached hydrogens (tertiary/aromatic N) is 2. The first-order valence-corrected chi connectivity index (χ1v) is 2.06. The van der Waals surface area contributed by atoms with Crippen molar-refractivity contribution in [2.75, 3.05) is 6.54 Å². The van der Waals surface area contributed by atoms with Crippen LogP contribution in [0.25, 0.3) is 0 Å². The van der Waals surface area contributed by atoms with E-state index < -0.39 is 0 Å². The van der Waals surface area contributed by atoms with Crippen molar-refractivity contribution in [1.29, 1.82) is 0 Å². The molecule has 3 heteroatoms. The monoisotopic (exact) mass is 96.1 g/mol. The fraction of sp³-hybridized carbons (Fsp3) is 0.250. The van der Waals surface area contributed by atoms with Crippen LogP contribution in [0, 0.1) is 0 Å². The highest BCUT2D eigenvalue weighted by atomic mass is 15.3. The van der Waals surface area contributed by atoms with Gasteiger partial charge in [0, 0.05) is 12.1 Å². The minimum absolute atomic E-state index is 0.535. The Labute approximate surface area is 41.9 Å². The molecule has 0 aromatic rings. The summed E-state index contributed by atoms with van der Waals surface area (Å²) in [7, 11) is 0. The van der Waals surface area contributed by atoms with Gasteiger partial charge in [0.2, 0.25) is 0 Å². The topological polar surface area (TPSA) is 52.5 Å². The molecule has 0 spiro atoms. The molecule has 0 atom stereocenters. The molecule has 1 radical (unpaired) electrons. The van der Waals surface area contributed by atoms with Crippen molar-refractivity contribution in [2.45, 2.75) is 0 Å². The molecule has 1 aliphatic heterocycles. The van der Waals surface area contributed by atoms with Crippen molar-refractivity contribution in [1.82, 2.24) is 5.43 Å². The van der Waals surface area contributed by atoms with Gasteiger partial charge in [0.05, 0.1) is 12.4 Å². The van der Waals surface area contributed by atoms with E-state index in [-0.39, 0.29) is 0 Å². The predicted molar refractivity (Wildman–Crippen MR) is 27.8 cm³/mol. The molecular formula is C4H6N3. The Morgan fingerprint density at radius 3 is 2.86 bits per heavy atom. The summed E-state index contributed by atoms with van der Waals surface area (Å²) in [6.07, 6.45) is 3.31. The highest BCUT2D eigenvalue weighted by Crippen LogP contribution is 1.90. The highest BCUT2D eigenvalue weighted by molar-refractivity contribution is 5.80. The molecule has 37 valence electrons. The van der Waals surface area contributed by atoms with Crippen LogP contribution in [-0.2, 0) is 0 Å². The molecule has 1 heterocycles. The molecule has 0 fully saturated rings. The van der Waals surface area contributed by atoms with Crippen molar-refractivity contribution >= 4 is 6.21 Å². The van der Waals surface area contributed by atoms with Crippen LogP contribution < -0.4 is 11.2 Å². The number of nitrogens with two attached hydrogens (primary N) is 1. The Balaban J connectivity index is 2.52. The molecule has 0 saturated heterocycles. The van der Waals surface area contributed by atoms with Crippen LogP contribution in [0.2, 0.25) is 0 Å². The van der Waals surface area contributed by atoms with Gasteiger partial charge < -0.3 is 5.73 Å². The van der Waals surface area contributed by atoms with E-state index in [2.05, 4.69) is 10.5 Å². The molecule has 1 rings (SSSR count). The Kier molecular flexibility index (Phi) is 1.08. The average Bonchev–Trinajstić information content (AvgIpc) is 2.14. The zero-order valence-corrected chi connectivity index (χ0v) is 3.83. The first-order chi connectivity index (χ1) is 3.43. The lowest BCUT2D eigenvalue weighted by Gasteiger charge is -1.80. The lowest BCUT2D eigenvalue weighted by atomic mass is 10.3. The Hall–Kier alpha value is -0.830. The maximum atomic E-state index is 5.21. The smallest absolute Gasteiger partial charge is 0.0556 e. The first kappa shape index (κ1) is 4.33. The molecule has 0 aromatic heterocycles. The maximum absolute atomic E-state index is 5.21. The van der Waals surface area contributed by atoms with E-state index in [1.54, 1.807) is 12.4 Å². The summed E-state index contributed by atoms with van der Waals surface area (Å²) in [6.45, 7) is 0.535. The summed E-state index contributed by atoms with van der Waals surface area (Å²) in [5.41, 5.74) is 9.76. The van der Waals surface area contributed by atoms with E-state index >= 15 is 0 Å². The zero-order chi connectivity index (χ0) is 5.11. The van der Waals surface area contributed by atoms with Gasteiger partial charge in [-0.2, -0.15) is 10.5 Å². The number of hydrogen-bond acceptors (Lipinski definition) is 2. The molecule has 0 aliphatic carbocycles. The van der Waals surface area contributed by atoms with Crippen molar-refractivity contribution < 1.29 is 0 Å². The van der Waals surface area contributed by atoms with Gasteiger partial charge in [-0.05, 0) is 0 Å². The van der Waals surface area contributed by atoms with Crippen molar-refractivity contribution in [3.05, 3.63) is 11.8 Å². The lowest BCUT2D eigenvalue weighted by molar-refractivity contribution is 0.971. The predicted octanol–water partition coefficient (Wildman–Crippen LogP) is -0.567. The summed E-state index contributed by atoms with van der Waals surface area (Å²) in [4.78, 5) is 0. The van der Waals surface area contributed by atoms with Gasteiger partial charge in [-0.3, -0.25) is 0 Å². The SMILES string of the molecule is NCC1=C[N]N=C1. The van der Waals surface area contributed by atoms with Crippen LogP contribution >= 0.6 is 0 Å². The molecule has 0 saturated carbocycles. The molecule has 3 nitrogen and oxygen atoms in total. The summed E-state index contributed by atoms with van der Waals surface area (Å²) < 4.78 is 0. The molecule has 7 heavy (non-hydrogen) atoms. The van der Waals surface area contributed by atoms with Crippen molar-refractivity contribution in [3.63, 3.8) is 0 Å². The number of rotatable bonds is 1. The van der Waals surface area contributed by atoms with Crippen LogP contribution in [0.15, 0.2) is 16.9 Å². The Morgan fingerprint density at radius 2 is 2.57 bits per heavy atom. The van der Waals surface area contributed by atoms with E-state index in [1.807, 2.05) is 0 Å². The molecule has 0 bridgehead atoms. The fourth-order valence-corrected chi connectivity index (χ4v) is 0.354. The average molecular weight is 96.1 g/mol. The van der Waals surface area contributed by atoms with E-state index in [4.69, 9.17) is 5.73 Å². The largest absolute Gasteiger partial charge is 0.326 e. The van der Waals surface area contributed by atoms with Gasteiger partial charge >= 0.3 is 0 Å². The molecule has 0 aromatic carbocycles. The van der Waals surface area contributed by atoms with Crippen LogP contribution in [0.4, 0.5) is 0 Å². The van der Waals surface area contributed by atoms with Crippen LogP contribution in [-0.4, -0.2) is 12.8 Å². The molecule has 1 aliphatic rings. The zero-order valence-electron chi connectivity index (χ0n) is 3.83. The second kappa shape index (κ2) is 1.75. The van der Waals surface area contributed by atoms with E-state index in [0.29, 0.717) is 6.54 Å². The van der Waals surface area contributed by atoms with E-state index in [9.17, 15) is 0 Å². The third kappa shape index (κ3) is 0.778. The number of hydrogen-bond donors (Lipinski definition) is 1. The van der Waals surface area contributed by atoms with Crippen LogP contribution in [0.1, 0.15) is 0 Å². The van der Waals surface area contributed by atoms with Gasteiger partial charge in [0.1, 0.15) is 0 Å². The summed E-state index contributed by atoms with van der Waals surface area (Å²) in [6, 6.07) is 0. The van der Waals surface area contributed by atoms with Gasteiger partial charge in [-0.1, -0.05) is 0 Å². The van der Waals surface area contributed by atoms with Crippen LogP contribution in [0.5, 0.6) is 0 Å². The standard InChI is InChI=1S/C4H6N3/c5-1-4-2-6-7-3-4/h2-3H,1,5H2. The second-order valence-corrected chi connectivity index (χ2v) is 1.27. The third-order valence-electron chi connectivity index (χ3n) is 0.749. The van der Waals surface area contributed by atoms with Gasteiger partial charge in [0.25, 0.3) is 0 Å². The Bertz CT molecular complexity index is 114. The third-order valence-corrected chi connectivity index (χ3v) is 0.749. The molecular weight excluding hydrogens is 90.1 g/mol. The Morgan fingerprint density at radius 1 is 1.71 bits per heavy atom. The summed E-state index contributed by atoms with van der Waals surface area (Å²) in [5, 5.41) is 3.56. The minimum atomic E-state index is 0.535. The second-order valence-electron chi connectivity index (χ2n) is 1.27. The van der Waals surface area contributed by atoms with E-state index in [0.717, 1.165) is 5.57 Å². The summed E-state index contributed by atoms with van der Waals surface area (Å²) in [5.74, 6) is 0. The molecule has 0 unspecified atom stereocenters. The maximum Gasteiger partial charge on any atom is 0.0556 e. The lowest BCUT2D eigenvalue weighted by Crippen LogP contribution is -2.01. The summed E-state index contributed by atoms with van der Waals surface area (Å²) >= 11 is 0. The van der Waals surface area contributed by atoms with Gasteiger partial charge in [-0.25, -0.2) is 0 Å². The quantitative estimate of drug-likeness (QED) is 0.467. The van der Waals surface area contributed by atoms with Gasteiger partial charge in [0.15, 0.2) is 0 Å². The molecule has 2 N–H and O–H groups in total. The van der Waals surface area contributed by atoms with Crippen molar-refractivity contribution in [2.24, 2.45) is 10.8 Å². The van der Waals surface area contributed by atoms with E-state index in [1.165, 1.54) is 0 Å². The minimum Gasteiger partial charge on any atom is -0.326 e. The van der Waals surface area contributed by atoms with Gasteiger partial charge in [-0.15, -0.1) is 0 Å². The van der Waals surface area contributed by atoms with Crippen LogP contribution in [0.3, 0.4) is 0 Å². The highest BCUT2D eigenvalue weighted by Gasteiger charge is 1.93. The fourth-order valence-electron chi connectivity index (χ4n) is 0.354. The normalized spacial score (nSPS) is 16.4. The first-order valence-electron chi connectivity index (χ1n) is 2.06. The molecule has 0 amide bonds.